The van der Waals surface area contributed by atoms with Gasteiger partial charge in [0.2, 0.25) is 0 Å². The summed E-state index contributed by atoms with van der Waals surface area (Å²) in [6, 6.07) is 3.95. The molecule has 2 aromatic carbocycles. The summed E-state index contributed by atoms with van der Waals surface area (Å²) in [5, 5.41) is 15.6. The fraction of sp³-hybridized carbons (Fsp3) is 0.346. The van der Waals surface area contributed by atoms with Gasteiger partial charge in [-0.15, -0.1) is 0 Å². The van der Waals surface area contributed by atoms with Crippen LogP contribution in [0.5, 0.6) is 5.75 Å². The van der Waals surface area contributed by atoms with E-state index in [0.717, 1.165) is 41.4 Å². The Morgan fingerprint density at radius 1 is 1.29 bits per heavy atom. The van der Waals surface area contributed by atoms with E-state index in [1.54, 1.807) is 0 Å². The number of ether oxygens (including phenoxy) is 2. The largest absolute Gasteiger partial charge is 0.497 e. The predicted molar refractivity (Wildman–Crippen MR) is 140 cm³/mol. The molecule has 2 saturated heterocycles. The summed E-state index contributed by atoms with van der Waals surface area (Å²) < 4.78 is 82.5. The van der Waals surface area contributed by atoms with Crippen LogP contribution in [-0.2, 0) is 15.8 Å². The van der Waals surface area contributed by atoms with Gasteiger partial charge < -0.3 is 20.3 Å². The fourth-order valence-corrected chi connectivity index (χ4v) is 5.00. The van der Waals surface area contributed by atoms with Gasteiger partial charge in [0.15, 0.2) is 17.5 Å². The molecule has 5 rings (SSSR count). The molecular formula is C26H24ClF5N6O4. The summed E-state index contributed by atoms with van der Waals surface area (Å²) in [6.45, 7) is 1.61. The van der Waals surface area contributed by atoms with Crippen molar-refractivity contribution in [3.63, 3.8) is 0 Å². The third kappa shape index (κ3) is 5.57. The predicted octanol–water partition coefficient (Wildman–Crippen LogP) is 3.68. The number of rotatable bonds is 6. The van der Waals surface area contributed by atoms with Gasteiger partial charge in [0.25, 0.3) is 0 Å². The van der Waals surface area contributed by atoms with Crippen molar-refractivity contribution < 1.29 is 41.4 Å². The molecule has 2 fully saturated rings. The molecule has 224 valence electrons. The highest BCUT2D eigenvalue weighted by Gasteiger charge is 2.51. The van der Waals surface area contributed by atoms with E-state index in [-0.39, 0.29) is 40.1 Å². The Morgan fingerprint density at radius 2 is 2.05 bits per heavy atom. The van der Waals surface area contributed by atoms with Crippen molar-refractivity contribution >= 4 is 23.4 Å². The first-order valence-corrected chi connectivity index (χ1v) is 12.8. The normalized spacial score (nSPS) is 24.8. The van der Waals surface area contributed by atoms with Crippen LogP contribution in [0.4, 0.5) is 22.0 Å². The molecule has 0 amide bonds. The number of hydroxylamine groups is 1. The van der Waals surface area contributed by atoms with Crippen molar-refractivity contribution in [2.75, 3.05) is 13.7 Å². The zero-order valence-electron chi connectivity index (χ0n) is 21.9. The topological polar surface area (TPSA) is 129 Å². The summed E-state index contributed by atoms with van der Waals surface area (Å²) in [5.41, 5.74) is 6.60. The van der Waals surface area contributed by atoms with E-state index < -0.39 is 59.5 Å². The molecule has 10 nitrogen and oxygen atoms in total. The minimum atomic E-state index is -4.76. The van der Waals surface area contributed by atoms with Gasteiger partial charge in [-0.05, 0) is 31.2 Å². The summed E-state index contributed by atoms with van der Waals surface area (Å²) in [5.74, 6) is -2.40. The van der Waals surface area contributed by atoms with Crippen LogP contribution in [0.15, 0.2) is 41.5 Å². The minimum absolute atomic E-state index is 0.0143. The number of halogens is 6. The number of allylic oxidation sites excluding steroid dienone is 1. The number of aryl methyl sites for hydroxylation is 1. The van der Waals surface area contributed by atoms with Gasteiger partial charge in [-0.25, -0.2) is 18.4 Å². The molecule has 2 aliphatic rings. The van der Waals surface area contributed by atoms with Crippen LogP contribution in [-0.4, -0.2) is 64.1 Å². The van der Waals surface area contributed by atoms with Crippen LogP contribution in [0.3, 0.4) is 0 Å². The average molecular weight is 615 g/mol. The van der Waals surface area contributed by atoms with E-state index >= 15 is 0 Å². The molecule has 2 aliphatic heterocycles. The molecule has 16 heteroatoms. The van der Waals surface area contributed by atoms with Crippen molar-refractivity contribution in [3.8, 4) is 11.4 Å². The van der Waals surface area contributed by atoms with Gasteiger partial charge >= 0.3 is 6.18 Å². The van der Waals surface area contributed by atoms with E-state index in [2.05, 4.69) is 20.6 Å². The van der Waals surface area contributed by atoms with Gasteiger partial charge in [0, 0.05) is 34.6 Å². The first-order valence-electron chi connectivity index (χ1n) is 12.4. The van der Waals surface area contributed by atoms with Crippen LogP contribution in [0.2, 0.25) is 5.02 Å². The lowest BCUT2D eigenvalue weighted by molar-refractivity contribution is -0.169. The maximum Gasteiger partial charge on any atom is 0.418 e. The Balaban J connectivity index is 1.55. The second kappa shape index (κ2) is 11.6. The summed E-state index contributed by atoms with van der Waals surface area (Å²) in [4.78, 5) is 14.2. The number of nitrogens with one attached hydrogen (secondary N) is 1. The molecule has 0 aliphatic carbocycles. The van der Waals surface area contributed by atoms with Gasteiger partial charge in [0.05, 0.1) is 24.9 Å². The summed E-state index contributed by atoms with van der Waals surface area (Å²) in [6.07, 6.45) is -7.13. The third-order valence-corrected chi connectivity index (χ3v) is 7.02. The van der Waals surface area contributed by atoms with Crippen molar-refractivity contribution in [3.05, 3.63) is 76.0 Å². The average Bonchev–Trinajstić information content (AvgIpc) is 3.57. The number of aromatic nitrogens is 3. The quantitative estimate of drug-likeness (QED) is 0.283. The minimum Gasteiger partial charge on any atom is -0.497 e. The summed E-state index contributed by atoms with van der Waals surface area (Å²) >= 11 is 6.03. The number of benzene rings is 2. The molecule has 0 spiro atoms. The highest BCUT2D eigenvalue weighted by molar-refractivity contribution is 6.30. The third-order valence-electron chi connectivity index (χ3n) is 6.79. The molecule has 5 unspecified atom stereocenters. The summed E-state index contributed by atoms with van der Waals surface area (Å²) in [7, 11) is 1.28. The second-order valence-corrected chi connectivity index (χ2v) is 9.90. The van der Waals surface area contributed by atoms with Gasteiger partial charge in [-0.2, -0.15) is 23.8 Å². The SMILES string of the molecule is COc1cc(F)c(F)c(/C(C=NC2C(O)C(c3nc(C)nn3-c3cc(Cl)ccc3C(F)(F)F)OC3CNOC32)=C/N)c1. The molecule has 0 bridgehead atoms. The van der Waals surface area contributed by atoms with E-state index in [4.69, 9.17) is 31.6 Å². The fourth-order valence-electron chi connectivity index (χ4n) is 4.84. The zero-order chi connectivity index (χ0) is 30.3. The first-order chi connectivity index (χ1) is 19.9. The second-order valence-electron chi connectivity index (χ2n) is 9.47. The lowest BCUT2D eigenvalue weighted by atomic mass is 9.92. The molecule has 4 N–H and O–H groups in total. The lowest BCUT2D eigenvalue weighted by Crippen LogP contribution is -2.52. The van der Waals surface area contributed by atoms with Crippen molar-refractivity contribution in [2.24, 2.45) is 10.7 Å². The van der Waals surface area contributed by atoms with Crippen molar-refractivity contribution in [2.45, 2.75) is 43.6 Å². The lowest BCUT2D eigenvalue weighted by Gasteiger charge is -2.38. The van der Waals surface area contributed by atoms with Crippen LogP contribution in [0.1, 0.15) is 28.9 Å². The smallest absolute Gasteiger partial charge is 0.418 e. The Morgan fingerprint density at radius 3 is 2.74 bits per heavy atom. The molecule has 5 atom stereocenters. The highest BCUT2D eigenvalue weighted by atomic mass is 35.5. The van der Waals surface area contributed by atoms with Crippen LogP contribution >= 0.6 is 11.6 Å². The Kier molecular flexibility index (Phi) is 8.22. The Bertz CT molecular complexity index is 1550. The molecule has 1 aromatic heterocycles. The number of aliphatic hydroxyl groups excluding tert-OH is 1. The standard InChI is InChI=1S/C26H24ClF5N6O4/c1-11-36-25(38(37-11)18-5-13(27)3-4-16(18)26(30,31)32)24-22(39)21(23-19(41-24)10-35-42-23)34-9-12(8-33)15-6-14(40-2)7-17(28)20(15)29/h3-9,19,21-24,35,39H,10,33H2,1-2H3/b12-8+,34-9?. The van der Waals surface area contributed by atoms with Crippen molar-refractivity contribution in [1.29, 1.82) is 0 Å². The van der Waals surface area contributed by atoms with E-state index in [0.29, 0.717) is 0 Å². The number of hydrogen-bond acceptors (Lipinski definition) is 9. The number of hydrogen-bond donors (Lipinski definition) is 3. The first kappa shape index (κ1) is 29.8. The van der Waals surface area contributed by atoms with Crippen LogP contribution in [0.25, 0.3) is 11.3 Å². The van der Waals surface area contributed by atoms with Crippen LogP contribution < -0.4 is 16.0 Å². The monoisotopic (exact) mass is 614 g/mol. The number of nitrogens with two attached hydrogens (primary N) is 1. The number of alkyl halides is 3. The molecule has 3 heterocycles. The molecule has 0 radical (unpaired) electrons. The van der Waals surface area contributed by atoms with Gasteiger partial charge in [0.1, 0.15) is 42.0 Å². The highest BCUT2D eigenvalue weighted by Crippen LogP contribution is 2.40. The zero-order valence-corrected chi connectivity index (χ0v) is 22.7. The molecular weight excluding hydrogens is 591 g/mol. The number of nitrogens with zero attached hydrogens (tertiary/aromatic N) is 4. The molecule has 42 heavy (non-hydrogen) atoms. The molecule has 0 saturated carbocycles. The van der Waals surface area contributed by atoms with E-state index in [9.17, 15) is 27.1 Å². The maximum atomic E-state index is 14.6. The van der Waals surface area contributed by atoms with Gasteiger partial charge in [-0.3, -0.25) is 9.83 Å². The van der Waals surface area contributed by atoms with Gasteiger partial charge in [-0.1, -0.05) is 11.6 Å². The number of aliphatic imine (C=N–C) groups is 1. The number of methoxy groups -OCH3 is 1. The van der Waals surface area contributed by atoms with Crippen LogP contribution in [0, 0.1) is 18.6 Å². The van der Waals surface area contributed by atoms with Crippen molar-refractivity contribution in [1.82, 2.24) is 20.2 Å². The maximum absolute atomic E-state index is 14.6. The Labute approximate surface area is 240 Å². The van der Waals surface area contributed by atoms with E-state index in [1.807, 2.05) is 0 Å². The Hall–Kier alpha value is -3.63. The van der Waals surface area contributed by atoms with E-state index in [1.165, 1.54) is 20.1 Å². The molecule has 3 aromatic rings. The number of aliphatic hydroxyl groups is 1. The number of fused-ring (bicyclic) bond motifs is 1.